The van der Waals surface area contributed by atoms with Crippen molar-refractivity contribution in [2.45, 2.75) is 18.3 Å². The predicted molar refractivity (Wildman–Crippen MR) is 61.2 cm³/mol. The van der Waals surface area contributed by atoms with Crippen LogP contribution in [-0.4, -0.2) is 52.7 Å². The summed E-state index contributed by atoms with van der Waals surface area (Å²) in [5.74, 6) is 2.42. The molecule has 0 fully saturated rings. The van der Waals surface area contributed by atoms with Crippen LogP contribution in [0.25, 0.3) is 0 Å². The molecule has 1 aliphatic rings. The highest BCUT2D eigenvalue weighted by Gasteiger charge is 2.34. The minimum atomic E-state index is -0.265. The number of hydrogen-bond acceptors (Lipinski definition) is 5. The summed E-state index contributed by atoms with van der Waals surface area (Å²) in [6.07, 6.45) is 8.20. The Morgan fingerprint density at radius 1 is 1.00 bits per heavy atom. The third kappa shape index (κ3) is 4.46. The Kier molecular flexibility index (Phi) is 6.86. The molecule has 0 radical (unpaired) electrons. The Bertz CT molecular complexity index is 271. The molecule has 0 aliphatic heterocycles. The van der Waals surface area contributed by atoms with Crippen molar-refractivity contribution in [3.63, 3.8) is 0 Å². The van der Waals surface area contributed by atoms with Gasteiger partial charge in [-0.25, -0.2) is 0 Å². The van der Waals surface area contributed by atoms with Gasteiger partial charge in [-0.2, -0.15) is 0 Å². The number of rotatable bonds is 8. The zero-order valence-corrected chi connectivity index (χ0v) is 10.1. The SMILES string of the molecule is C#CCO[C@H]1C=C[C@@H](OCOC)[C@H]1OCOC. The second-order valence-electron chi connectivity index (χ2n) is 3.44. The van der Waals surface area contributed by atoms with Crippen LogP contribution in [0, 0.1) is 12.3 Å². The maximum Gasteiger partial charge on any atom is 0.147 e. The molecular weight excluding hydrogens is 224 g/mol. The van der Waals surface area contributed by atoms with Gasteiger partial charge in [0, 0.05) is 14.2 Å². The lowest BCUT2D eigenvalue weighted by Crippen LogP contribution is -2.37. The fraction of sp³-hybridized carbons (Fsp3) is 0.667. The fourth-order valence-corrected chi connectivity index (χ4v) is 1.55. The predicted octanol–water partition coefficient (Wildman–Crippen LogP) is 0.553. The normalized spacial score (nSPS) is 27.2. The molecule has 5 nitrogen and oxygen atoms in total. The first-order valence-corrected chi connectivity index (χ1v) is 5.28. The second kappa shape index (κ2) is 8.23. The highest BCUT2D eigenvalue weighted by Crippen LogP contribution is 2.21. The van der Waals surface area contributed by atoms with Crippen LogP contribution >= 0.6 is 0 Å². The number of methoxy groups -OCH3 is 2. The van der Waals surface area contributed by atoms with E-state index in [0.29, 0.717) is 0 Å². The summed E-state index contributed by atoms with van der Waals surface area (Å²) in [5, 5.41) is 0. The van der Waals surface area contributed by atoms with Crippen LogP contribution in [0.15, 0.2) is 12.2 Å². The van der Waals surface area contributed by atoms with Gasteiger partial charge in [-0.05, 0) is 0 Å². The van der Waals surface area contributed by atoms with Crippen molar-refractivity contribution in [2.75, 3.05) is 34.4 Å². The molecule has 0 saturated carbocycles. The monoisotopic (exact) mass is 242 g/mol. The van der Waals surface area contributed by atoms with Crippen molar-refractivity contribution in [1.82, 2.24) is 0 Å². The maximum atomic E-state index is 5.51. The largest absolute Gasteiger partial charge is 0.359 e. The van der Waals surface area contributed by atoms with Gasteiger partial charge in [0.05, 0.1) is 0 Å². The minimum Gasteiger partial charge on any atom is -0.359 e. The van der Waals surface area contributed by atoms with Gasteiger partial charge >= 0.3 is 0 Å². The van der Waals surface area contributed by atoms with Crippen molar-refractivity contribution in [2.24, 2.45) is 0 Å². The van der Waals surface area contributed by atoms with E-state index in [1.807, 2.05) is 12.2 Å². The van der Waals surface area contributed by atoms with Gasteiger partial charge in [-0.15, -0.1) is 6.42 Å². The van der Waals surface area contributed by atoms with E-state index in [2.05, 4.69) is 5.92 Å². The summed E-state index contributed by atoms with van der Waals surface area (Å²) < 4.78 is 26.1. The molecule has 0 aromatic rings. The molecule has 1 rings (SSSR count). The molecule has 0 bridgehead atoms. The van der Waals surface area contributed by atoms with Crippen molar-refractivity contribution >= 4 is 0 Å². The molecule has 1 aliphatic carbocycles. The molecule has 17 heavy (non-hydrogen) atoms. The van der Waals surface area contributed by atoms with Crippen LogP contribution in [-0.2, 0) is 23.7 Å². The Labute approximate surface area is 102 Å². The second-order valence-corrected chi connectivity index (χ2v) is 3.44. The van der Waals surface area contributed by atoms with Gasteiger partial charge < -0.3 is 23.7 Å². The van der Waals surface area contributed by atoms with Gasteiger partial charge in [0.25, 0.3) is 0 Å². The molecule has 0 aromatic carbocycles. The summed E-state index contributed by atoms with van der Waals surface area (Å²) in [5.41, 5.74) is 0. The van der Waals surface area contributed by atoms with Crippen molar-refractivity contribution in [1.29, 1.82) is 0 Å². The molecule has 0 saturated heterocycles. The molecular formula is C12H18O5. The summed E-state index contributed by atoms with van der Waals surface area (Å²) >= 11 is 0. The molecule has 0 N–H and O–H groups in total. The van der Waals surface area contributed by atoms with Crippen LogP contribution in [0.4, 0.5) is 0 Å². The third-order valence-electron chi connectivity index (χ3n) is 2.25. The van der Waals surface area contributed by atoms with E-state index in [4.69, 9.17) is 30.1 Å². The lowest BCUT2D eigenvalue weighted by atomic mass is 10.2. The Hall–Kier alpha value is -0.900. The standard InChI is InChI=1S/C12H18O5/c1-4-7-15-10-5-6-11(16-8-13-2)12(10)17-9-14-3/h1,5-6,10-12H,7-9H2,2-3H3/t10-,11+,12-/m0/s1. The first-order chi connectivity index (χ1) is 8.33. The van der Waals surface area contributed by atoms with Crippen LogP contribution in [0.3, 0.4) is 0 Å². The summed E-state index contributed by atoms with van der Waals surface area (Å²) in [4.78, 5) is 0. The van der Waals surface area contributed by atoms with E-state index in [9.17, 15) is 0 Å². The van der Waals surface area contributed by atoms with Crippen molar-refractivity contribution < 1.29 is 23.7 Å². The fourth-order valence-electron chi connectivity index (χ4n) is 1.55. The highest BCUT2D eigenvalue weighted by atomic mass is 16.7. The molecule has 0 spiro atoms. The van der Waals surface area contributed by atoms with Crippen LogP contribution < -0.4 is 0 Å². The number of ether oxygens (including phenoxy) is 5. The number of terminal acetylenes is 1. The third-order valence-corrected chi connectivity index (χ3v) is 2.25. The average molecular weight is 242 g/mol. The molecule has 5 heteroatoms. The highest BCUT2D eigenvalue weighted by molar-refractivity contribution is 5.11. The zero-order valence-electron chi connectivity index (χ0n) is 10.1. The molecule has 0 unspecified atom stereocenters. The van der Waals surface area contributed by atoms with Crippen LogP contribution in [0.1, 0.15) is 0 Å². The van der Waals surface area contributed by atoms with E-state index in [-0.39, 0.29) is 38.5 Å². The van der Waals surface area contributed by atoms with E-state index < -0.39 is 0 Å². The summed E-state index contributed by atoms with van der Waals surface area (Å²) in [6, 6.07) is 0. The van der Waals surface area contributed by atoms with Gasteiger partial charge in [0.2, 0.25) is 0 Å². The zero-order chi connectivity index (χ0) is 12.5. The lowest BCUT2D eigenvalue weighted by Gasteiger charge is -2.24. The summed E-state index contributed by atoms with van der Waals surface area (Å²) in [7, 11) is 3.13. The van der Waals surface area contributed by atoms with E-state index in [1.165, 1.54) is 0 Å². The van der Waals surface area contributed by atoms with Gasteiger partial charge in [-0.3, -0.25) is 0 Å². The van der Waals surface area contributed by atoms with Crippen LogP contribution in [0.2, 0.25) is 0 Å². The molecule has 3 atom stereocenters. The summed E-state index contributed by atoms with van der Waals surface area (Å²) in [6.45, 7) is 0.609. The Morgan fingerprint density at radius 3 is 2.18 bits per heavy atom. The molecule has 0 amide bonds. The maximum absolute atomic E-state index is 5.51. The van der Waals surface area contributed by atoms with Crippen molar-refractivity contribution in [3.05, 3.63) is 12.2 Å². The van der Waals surface area contributed by atoms with Gasteiger partial charge in [0.1, 0.15) is 38.5 Å². The smallest absolute Gasteiger partial charge is 0.147 e. The average Bonchev–Trinajstić information content (AvgIpc) is 2.73. The van der Waals surface area contributed by atoms with E-state index in [0.717, 1.165) is 0 Å². The van der Waals surface area contributed by atoms with Crippen LogP contribution in [0.5, 0.6) is 0 Å². The minimum absolute atomic E-state index is 0.176. The first-order valence-electron chi connectivity index (χ1n) is 5.28. The van der Waals surface area contributed by atoms with Crippen molar-refractivity contribution in [3.8, 4) is 12.3 Å². The Balaban J connectivity index is 2.48. The number of hydrogen-bond donors (Lipinski definition) is 0. The lowest BCUT2D eigenvalue weighted by molar-refractivity contribution is -0.164. The van der Waals surface area contributed by atoms with Gasteiger partial charge in [0.15, 0.2) is 0 Å². The van der Waals surface area contributed by atoms with E-state index >= 15 is 0 Å². The Morgan fingerprint density at radius 2 is 1.59 bits per heavy atom. The van der Waals surface area contributed by atoms with Gasteiger partial charge in [-0.1, -0.05) is 18.1 Å². The quantitative estimate of drug-likeness (QED) is 0.353. The van der Waals surface area contributed by atoms with E-state index in [1.54, 1.807) is 14.2 Å². The molecule has 96 valence electrons. The molecule has 0 heterocycles. The first kappa shape index (κ1) is 14.2. The topological polar surface area (TPSA) is 46.2 Å². The molecule has 0 aromatic heterocycles.